The molecule has 4 rings (SSSR count). The lowest BCUT2D eigenvalue weighted by Crippen LogP contribution is -2.26. The Kier molecular flexibility index (Phi) is 6.48. The lowest BCUT2D eigenvalue weighted by atomic mass is 10.1. The van der Waals surface area contributed by atoms with Crippen LogP contribution in [0.5, 0.6) is 11.5 Å². The number of aromatic hydroxyl groups is 2. The van der Waals surface area contributed by atoms with Gasteiger partial charge in [0.2, 0.25) is 17.6 Å². The SMILES string of the molecule is O=C(CCc1nc(-c2c(O)cccc2O)no1)NCCCNc1n[nH]c(=O)c2ccccc12. The van der Waals surface area contributed by atoms with Crippen molar-refractivity contribution < 1.29 is 19.5 Å². The van der Waals surface area contributed by atoms with E-state index in [0.29, 0.717) is 30.7 Å². The van der Waals surface area contributed by atoms with Gasteiger partial charge in [-0.25, -0.2) is 5.10 Å². The van der Waals surface area contributed by atoms with Crippen LogP contribution < -0.4 is 16.2 Å². The number of carbonyl (C=O) groups excluding carboxylic acids is 1. The van der Waals surface area contributed by atoms with Crippen molar-refractivity contribution in [3.8, 4) is 22.9 Å². The van der Waals surface area contributed by atoms with Gasteiger partial charge in [0.15, 0.2) is 5.82 Å². The first-order valence-electron chi connectivity index (χ1n) is 10.3. The predicted octanol–water partition coefficient (Wildman–Crippen LogP) is 1.94. The van der Waals surface area contributed by atoms with Gasteiger partial charge in [0, 0.05) is 31.3 Å². The summed E-state index contributed by atoms with van der Waals surface area (Å²) in [5, 5.41) is 37.3. The first-order valence-corrected chi connectivity index (χ1v) is 10.3. The number of aryl methyl sites for hydroxylation is 1. The van der Waals surface area contributed by atoms with E-state index < -0.39 is 0 Å². The second-order valence-corrected chi connectivity index (χ2v) is 7.26. The fourth-order valence-corrected chi connectivity index (χ4v) is 3.30. The molecule has 4 aromatic rings. The number of hydrogen-bond donors (Lipinski definition) is 5. The standard InChI is InChI=1S/C22H22N6O5/c29-15-7-3-8-16(30)19(15)21-25-18(33-28-21)10-9-17(31)23-11-4-12-24-20-13-5-1-2-6-14(13)22(32)27-26-20/h1-3,5-8,29-30H,4,9-12H2,(H,23,31)(H,24,26)(H,27,32). The number of benzene rings is 2. The number of phenolic OH excluding ortho intramolecular Hbond substituents is 2. The third-order valence-corrected chi connectivity index (χ3v) is 4.94. The van der Waals surface area contributed by atoms with Crippen LogP contribution in [0.15, 0.2) is 51.8 Å². The third-order valence-electron chi connectivity index (χ3n) is 4.94. The van der Waals surface area contributed by atoms with Gasteiger partial charge in [-0.2, -0.15) is 10.1 Å². The van der Waals surface area contributed by atoms with Crippen LogP contribution in [0.3, 0.4) is 0 Å². The maximum atomic E-state index is 12.1. The molecule has 2 heterocycles. The van der Waals surface area contributed by atoms with E-state index in [1.54, 1.807) is 12.1 Å². The van der Waals surface area contributed by atoms with Gasteiger partial charge >= 0.3 is 0 Å². The zero-order valence-electron chi connectivity index (χ0n) is 17.5. The number of nitrogens with zero attached hydrogens (tertiary/aromatic N) is 3. The van der Waals surface area contributed by atoms with Crippen molar-refractivity contribution in [2.75, 3.05) is 18.4 Å². The molecule has 0 bridgehead atoms. The van der Waals surface area contributed by atoms with Crippen molar-refractivity contribution in [3.05, 3.63) is 58.7 Å². The molecule has 0 saturated carbocycles. The molecule has 11 heteroatoms. The summed E-state index contributed by atoms with van der Waals surface area (Å²) in [6.07, 6.45) is 1.02. The molecule has 5 N–H and O–H groups in total. The zero-order valence-corrected chi connectivity index (χ0v) is 17.5. The smallest absolute Gasteiger partial charge is 0.272 e. The Bertz CT molecular complexity index is 1310. The van der Waals surface area contributed by atoms with E-state index in [9.17, 15) is 19.8 Å². The molecule has 11 nitrogen and oxygen atoms in total. The number of aromatic amines is 1. The number of hydrogen-bond acceptors (Lipinski definition) is 9. The van der Waals surface area contributed by atoms with Crippen molar-refractivity contribution in [1.29, 1.82) is 0 Å². The number of carbonyl (C=O) groups is 1. The van der Waals surface area contributed by atoms with E-state index in [4.69, 9.17) is 4.52 Å². The Morgan fingerprint density at radius 1 is 1.03 bits per heavy atom. The number of nitrogens with one attached hydrogen (secondary N) is 3. The molecular weight excluding hydrogens is 428 g/mol. The molecule has 0 radical (unpaired) electrons. The molecule has 0 saturated heterocycles. The maximum Gasteiger partial charge on any atom is 0.272 e. The number of rotatable bonds is 9. The summed E-state index contributed by atoms with van der Waals surface area (Å²) in [6, 6.07) is 11.5. The van der Waals surface area contributed by atoms with Crippen LogP contribution in [0, 0.1) is 0 Å². The number of H-pyrrole nitrogens is 1. The van der Waals surface area contributed by atoms with Crippen LogP contribution in [-0.4, -0.2) is 49.5 Å². The van der Waals surface area contributed by atoms with E-state index in [2.05, 4.69) is 31.0 Å². The summed E-state index contributed by atoms with van der Waals surface area (Å²) >= 11 is 0. The monoisotopic (exact) mass is 450 g/mol. The van der Waals surface area contributed by atoms with E-state index >= 15 is 0 Å². The molecule has 0 aliphatic rings. The van der Waals surface area contributed by atoms with Gasteiger partial charge in [-0.15, -0.1) is 0 Å². The van der Waals surface area contributed by atoms with E-state index in [0.717, 1.165) is 5.39 Å². The van der Waals surface area contributed by atoms with Gasteiger partial charge in [-0.05, 0) is 24.6 Å². The van der Waals surface area contributed by atoms with Crippen LogP contribution in [0.4, 0.5) is 5.82 Å². The van der Waals surface area contributed by atoms with Gasteiger partial charge in [0.1, 0.15) is 17.1 Å². The molecule has 0 unspecified atom stereocenters. The Morgan fingerprint density at radius 2 is 1.79 bits per heavy atom. The highest BCUT2D eigenvalue weighted by Gasteiger charge is 2.17. The number of phenols is 2. The molecule has 1 amide bonds. The first kappa shape index (κ1) is 21.8. The average molecular weight is 450 g/mol. The average Bonchev–Trinajstić information content (AvgIpc) is 3.27. The Labute approximate surface area is 187 Å². The van der Waals surface area contributed by atoms with Crippen LogP contribution in [0.2, 0.25) is 0 Å². The summed E-state index contributed by atoms with van der Waals surface area (Å²) in [4.78, 5) is 28.0. The first-order chi connectivity index (χ1) is 16.0. The zero-order chi connectivity index (χ0) is 23.2. The van der Waals surface area contributed by atoms with Gasteiger partial charge in [0.05, 0.1) is 5.39 Å². The molecule has 33 heavy (non-hydrogen) atoms. The van der Waals surface area contributed by atoms with Gasteiger partial charge < -0.3 is 25.4 Å². The summed E-state index contributed by atoms with van der Waals surface area (Å²) in [7, 11) is 0. The van der Waals surface area contributed by atoms with Gasteiger partial charge in [-0.3, -0.25) is 9.59 Å². The highest BCUT2D eigenvalue weighted by atomic mass is 16.5. The van der Waals surface area contributed by atoms with Crippen molar-refractivity contribution in [2.24, 2.45) is 0 Å². The molecule has 2 aromatic carbocycles. The molecule has 0 aliphatic heterocycles. The van der Waals surface area contributed by atoms with Gasteiger partial charge in [-0.1, -0.05) is 29.4 Å². The minimum Gasteiger partial charge on any atom is -0.507 e. The maximum absolute atomic E-state index is 12.1. The molecule has 0 aliphatic carbocycles. The number of anilines is 1. The molecular formula is C22H22N6O5. The molecule has 0 spiro atoms. The van der Waals surface area contributed by atoms with Gasteiger partial charge in [0.25, 0.3) is 5.56 Å². The fraction of sp³-hybridized carbons (Fsp3) is 0.227. The summed E-state index contributed by atoms with van der Waals surface area (Å²) in [5.41, 5.74) is -0.164. The highest BCUT2D eigenvalue weighted by Crippen LogP contribution is 2.34. The minimum absolute atomic E-state index is 0.0514. The van der Waals surface area contributed by atoms with E-state index in [1.807, 2.05) is 12.1 Å². The lowest BCUT2D eigenvalue weighted by Gasteiger charge is -2.08. The summed E-state index contributed by atoms with van der Waals surface area (Å²) in [6.45, 7) is 1.01. The second kappa shape index (κ2) is 9.81. The van der Waals surface area contributed by atoms with Crippen molar-refractivity contribution in [1.82, 2.24) is 25.7 Å². The normalized spacial score (nSPS) is 10.9. The van der Waals surface area contributed by atoms with Crippen molar-refractivity contribution >= 4 is 22.5 Å². The molecule has 170 valence electrons. The predicted molar refractivity (Wildman–Crippen MR) is 120 cm³/mol. The molecule has 2 aromatic heterocycles. The fourth-order valence-electron chi connectivity index (χ4n) is 3.30. The highest BCUT2D eigenvalue weighted by molar-refractivity contribution is 5.90. The van der Waals surface area contributed by atoms with E-state index in [-0.39, 0.29) is 53.1 Å². The van der Waals surface area contributed by atoms with Crippen LogP contribution in [0.1, 0.15) is 18.7 Å². The summed E-state index contributed by atoms with van der Waals surface area (Å²) < 4.78 is 5.11. The van der Waals surface area contributed by atoms with Crippen molar-refractivity contribution in [2.45, 2.75) is 19.3 Å². The van der Waals surface area contributed by atoms with Crippen LogP contribution in [-0.2, 0) is 11.2 Å². The Balaban J connectivity index is 1.21. The van der Waals surface area contributed by atoms with Crippen LogP contribution in [0.25, 0.3) is 22.2 Å². The summed E-state index contributed by atoms with van der Waals surface area (Å²) in [5.74, 6) is 0.348. The molecule has 0 fully saturated rings. The topological polar surface area (TPSA) is 166 Å². The quantitative estimate of drug-likeness (QED) is 0.239. The van der Waals surface area contributed by atoms with Crippen LogP contribution >= 0.6 is 0 Å². The Hall–Kier alpha value is -4.41. The number of amides is 1. The number of fused-ring (bicyclic) bond motifs is 1. The number of aromatic nitrogens is 4. The lowest BCUT2D eigenvalue weighted by molar-refractivity contribution is -0.121. The third kappa shape index (κ3) is 5.09. The minimum atomic E-state index is -0.242. The largest absolute Gasteiger partial charge is 0.507 e. The Morgan fingerprint density at radius 3 is 2.58 bits per heavy atom. The van der Waals surface area contributed by atoms with E-state index in [1.165, 1.54) is 18.2 Å². The van der Waals surface area contributed by atoms with Crippen molar-refractivity contribution in [3.63, 3.8) is 0 Å². The second-order valence-electron chi connectivity index (χ2n) is 7.26. The molecule has 0 atom stereocenters.